The maximum Gasteiger partial charge on any atom is 0.410 e. The van der Waals surface area contributed by atoms with Crippen LogP contribution in [0.5, 0.6) is 0 Å². The maximum atomic E-state index is 12.8. The lowest BCUT2D eigenvalue weighted by Crippen LogP contribution is -2.67. The van der Waals surface area contributed by atoms with Gasteiger partial charge < -0.3 is 25.2 Å². The Morgan fingerprint density at radius 2 is 1.87 bits per heavy atom. The molecular weight excluding hydrogens is 380 g/mol. The van der Waals surface area contributed by atoms with Crippen LogP contribution in [0, 0.1) is 0 Å². The second-order valence-corrected chi connectivity index (χ2v) is 9.90. The lowest BCUT2D eigenvalue weighted by molar-refractivity contribution is -0.0620. The van der Waals surface area contributed by atoms with Crippen LogP contribution in [0.15, 0.2) is 30.3 Å². The Balaban J connectivity index is 1.59. The molecule has 0 unspecified atom stereocenters. The number of nitrogens with zero attached hydrogens (tertiary/aromatic N) is 1. The minimum Gasteiger partial charge on any atom is -0.444 e. The zero-order valence-corrected chi connectivity index (χ0v) is 18.7. The largest absolute Gasteiger partial charge is 0.444 e. The molecule has 30 heavy (non-hydrogen) atoms. The molecule has 2 atom stereocenters. The molecule has 6 nitrogen and oxygen atoms in total. The first-order chi connectivity index (χ1) is 14.2. The number of hydrogen-bond donors (Lipinski definition) is 2. The topological polar surface area (TPSA) is 85.0 Å². The number of piperidine rings is 1. The molecule has 1 aliphatic heterocycles. The molecule has 1 amide bonds. The molecule has 1 aliphatic carbocycles. The molecular formula is C24H38N2O4. The first-order valence-electron chi connectivity index (χ1n) is 11.3. The first-order valence-corrected chi connectivity index (χ1v) is 11.3. The third-order valence-corrected chi connectivity index (χ3v) is 6.44. The molecule has 0 spiro atoms. The standard InChI is InChI=1S/C24H38N2O4/c1-23(2,3)30-22(28)26-15-7-14-24(25,17-27)21(26)16-29-20-12-10-19(11-13-20)18-8-5-4-6-9-18/h4-6,8-9,19-21,27H,7,10-17,25H2,1-3H3/t19?,20?,21-,24+/m0/s1. The quantitative estimate of drug-likeness (QED) is 0.759. The minimum absolute atomic E-state index is 0.162. The van der Waals surface area contributed by atoms with E-state index in [1.807, 2.05) is 20.8 Å². The fourth-order valence-corrected chi connectivity index (χ4v) is 4.71. The summed E-state index contributed by atoms with van der Waals surface area (Å²) in [6, 6.07) is 10.3. The van der Waals surface area contributed by atoms with Gasteiger partial charge in [-0.3, -0.25) is 0 Å². The average Bonchev–Trinajstić information content (AvgIpc) is 2.72. The van der Waals surface area contributed by atoms with Gasteiger partial charge in [0.05, 0.1) is 30.9 Å². The monoisotopic (exact) mass is 418 g/mol. The van der Waals surface area contributed by atoms with Crippen molar-refractivity contribution >= 4 is 6.09 Å². The van der Waals surface area contributed by atoms with E-state index < -0.39 is 17.2 Å². The molecule has 0 aromatic heterocycles. The van der Waals surface area contributed by atoms with Gasteiger partial charge in [-0.1, -0.05) is 30.3 Å². The van der Waals surface area contributed by atoms with E-state index in [1.165, 1.54) is 5.56 Å². The Morgan fingerprint density at radius 1 is 1.20 bits per heavy atom. The Labute approximate surface area is 180 Å². The van der Waals surface area contributed by atoms with Gasteiger partial charge in [-0.2, -0.15) is 0 Å². The SMILES string of the molecule is CC(C)(C)OC(=O)N1CCC[C@@](N)(CO)[C@@H]1COC1CCC(c2ccccc2)CC1. The van der Waals surface area contributed by atoms with Crippen molar-refractivity contribution in [2.24, 2.45) is 5.73 Å². The summed E-state index contributed by atoms with van der Waals surface area (Å²) in [6.45, 7) is 6.29. The zero-order chi connectivity index (χ0) is 21.8. The van der Waals surface area contributed by atoms with Gasteiger partial charge in [-0.05, 0) is 70.8 Å². The van der Waals surface area contributed by atoms with Crippen LogP contribution >= 0.6 is 0 Å². The number of carbonyl (C=O) groups excluding carboxylic acids is 1. The summed E-state index contributed by atoms with van der Waals surface area (Å²) in [5.74, 6) is 0.588. The van der Waals surface area contributed by atoms with E-state index in [9.17, 15) is 9.90 Å². The highest BCUT2D eigenvalue weighted by atomic mass is 16.6. The summed E-state index contributed by atoms with van der Waals surface area (Å²) in [4.78, 5) is 14.5. The molecule has 2 aliphatic rings. The number of benzene rings is 1. The van der Waals surface area contributed by atoms with Gasteiger partial charge in [-0.25, -0.2) is 4.79 Å². The lowest BCUT2D eigenvalue weighted by Gasteiger charge is -2.47. The summed E-state index contributed by atoms with van der Waals surface area (Å²) < 4.78 is 11.9. The van der Waals surface area contributed by atoms with E-state index in [0.717, 1.165) is 32.1 Å². The Kier molecular flexibility index (Phi) is 7.43. The minimum atomic E-state index is -0.865. The van der Waals surface area contributed by atoms with E-state index in [2.05, 4.69) is 30.3 Å². The van der Waals surface area contributed by atoms with E-state index in [0.29, 0.717) is 25.5 Å². The molecule has 3 rings (SSSR count). The van der Waals surface area contributed by atoms with Crippen LogP contribution in [-0.2, 0) is 9.47 Å². The molecule has 0 radical (unpaired) electrons. The van der Waals surface area contributed by atoms with Gasteiger partial charge in [0, 0.05) is 6.54 Å². The van der Waals surface area contributed by atoms with Crippen molar-refractivity contribution in [2.45, 2.75) is 88.5 Å². The van der Waals surface area contributed by atoms with E-state index in [-0.39, 0.29) is 18.8 Å². The molecule has 6 heteroatoms. The van der Waals surface area contributed by atoms with Crippen molar-refractivity contribution in [3.63, 3.8) is 0 Å². The molecule has 2 fully saturated rings. The molecule has 1 aromatic rings. The number of carbonyl (C=O) groups is 1. The fraction of sp³-hybridized carbons (Fsp3) is 0.708. The van der Waals surface area contributed by atoms with Crippen LogP contribution in [0.4, 0.5) is 4.79 Å². The first kappa shape index (κ1) is 23.0. The lowest BCUT2D eigenvalue weighted by atomic mass is 9.82. The van der Waals surface area contributed by atoms with Crippen LogP contribution in [0.2, 0.25) is 0 Å². The second-order valence-electron chi connectivity index (χ2n) is 9.90. The number of hydrogen-bond acceptors (Lipinski definition) is 5. The van der Waals surface area contributed by atoms with Gasteiger partial charge >= 0.3 is 6.09 Å². The Bertz CT molecular complexity index is 682. The number of aliphatic hydroxyl groups is 1. The second kappa shape index (κ2) is 9.67. The van der Waals surface area contributed by atoms with E-state index >= 15 is 0 Å². The van der Waals surface area contributed by atoms with Gasteiger partial charge in [-0.15, -0.1) is 0 Å². The molecule has 1 aromatic carbocycles. The van der Waals surface area contributed by atoms with Crippen LogP contribution < -0.4 is 5.73 Å². The normalized spacial score (nSPS) is 30.2. The summed E-state index contributed by atoms with van der Waals surface area (Å²) >= 11 is 0. The summed E-state index contributed by atoms with van der Waals surface area (Å²) in [7, 11) is 0. The highest BCUT2D eigenvalue weighted by molar-refractivity contribution is 5.69. The smallest absolute Gasteiger partial charge is 0.410 e. The average molecular weight is 419 g/mol. The van der Waals surface area contributed by atoms with Crippen LogP contribution in [0.1, 0.15) is 70.8 Å². The number of rotatable bonds is 5. The summed E-state index contributed by atoms with van der Waals surface area (Å²) in [5.41, 5.74) is 6.49. The number of likely N-dealkylation sites (tertiary alicyclic amines) is 1. The third kappa shape index (κ3) is 5.74. The number of nitrogens with two attached hydrogens (primary N) is 1. The van der Waals surface area contributed by atoms with Gasteiger partial charge in [0.15, 0.2) is 0 Å². The molecule has 168 valence electrons. The summed E-state index contributed by atoms with van der Waals surface area (Å²) in [5, 5.41) is 9.99. The summed E-state index contributed by atoms with van der Waals surface area (Å²) in [6.07, 6.45) is 5.38. The molecule has 1 heterocycles. The van der Waals surface area contributed by atoms with Gasteiger partial charge in [0.1, 0.15) is 5.60 Å². The van der Waals surface area contributed by atoms with E-state index in [4.69, 9.17) is 15.2 Å². The maximum absolute atomic E-state index is 12.8. The van der Waals surface area contributed by atoms with Crippen LogP contribution in [0.25, 0.3) is 0 Å². The Hall–Kier alpha value is -1.63. The molecule has 3 N–H and O–H groups in total. The third-order valence-electron chi connectivity index (χ3n) is 6.44. The molecule has 1 saturated carbocycles. The van der Waals surface area contributed by atoms with Crippen LogP contribution in [0.3, 0.4) is 0 Å². The highest BCUT2D eigenvalue weighted by Crippen LogP contribution is 2.35. The van der Waals surface area contributed by atoms with E-state index in [1.54, 1.807) is 4.90 Å². The van der Waals surface area contributed by atoms with Crippen molar-refractivity contribution in [3.05, 3.63) is 35.9 Å². The van der Waals surface area contributed by atoms with Crippen molar-refractivity contribution in [3.8, 4) is 0 Å². The zero-order valence-electron chi connectivity index (χ0n) is 18.7. The number of amides is 1. The van der Waals surface area contributed by atoms with Gasteiger partial charge in [0.2, 0.25) is 0 Å². The van der Waals surface area contributed by atoms with Crippen molar-refractivity contribution in [1.82, 2.24) is 4.90 Å². The number of aliphatic hydroxyl groups excluding tert-OH is 1. The predicted octanol–water partition coefficient (Wildman–Crippen LogP) is 3.82. The molecule has 0 bridgehead atoms. The number of ether oxygens (including phenoxy) is 2. The molecule has 1 saturated heterocycles. The van der Waals surface area contributed by atoms with Crippen LogP contribution in [-0.4, -0.2) is 59.1 Å². The predicted molar refractivity (Wildman–Crippen MR) is 117 cm³/mol. The van der Waals surface area contributed by atoms with Gasteiger partial charge in [0.25, 0.3) is 0 Å². The fourth-order valence-electron chi connectivity index (χ4n) is 4.71. The Morgan fingerprint density at radius 3 is 2.47 bits per heavy atom. The highest BCUT2D eigenvalue weighted by Gasteiger charge is 2.45. The van der Waals surface area contributed by atoms with Crippen molar-refractivity contribution in [1.29, 1.82) is 0 Å². The van der Waals surface area contributed by atoms with Crippen molar-refractivity contribution in [2.75, 3.05) is 19.8 Å². The van der Waals surface area contributed by atoms with Crippen molar-refractivity contribution < 1.29 is 19.4 Å².